The second kappa shape index (κ2) is 6.40. The van der Waals surface area contributed by atoms with Crippen LogP contribution in [0.25, 0.3) is 0 Å². The number of hydrogen-bond acceptors (Lipinski definition) is 2. The Labute approximate surface area is 131 Å². The highest BCUT2D eigenvalue weighted by atomic mass is 28.3. The normalized spacial score (nSPS) is 15.0. The lowest BCUT2D eigenvalue weighted by Gasteiger charge is -2.28. The fraction of sp³-hybridized carbons (Fsp3) is 0.357. The van der Waals surface area contributed by atoms with Crippen molar-refractivity contribution in [1.82, 2.24) is 0 Å². The van der Waals surface area contributed by atoms with Crippen LogP contribution in [0.4, 0.5) is 27.8 Å². The number of benzene rings is 1. The highest BCUT2D eigenvalue weighted by Crippen LogP contribution is 2.37. The predicted octanol–water partition coefficient (Wildman–Crippen LogP) is 3.42. The summed E-state index contributed by atoms with van der Waals surface area (Å²) in [4.78, 5) is 14.4. The molecule has 0 aliphatic rings. The molecule has 0 spiro atoms. The molecule has 1 unspecified atom stereocenters. The van der Waals surface area contributed by atoms with Crippen molar-refractivity contribution < 1.29 is 31.8 Å². The molecule has 0 aliphatic carbocycles. The van der Waals surface area contributed by atoms with Gasteiger partial charge in [-0.05, 0) is 16.7 Å². The summed E-state index contributed by atoms with van der Waals surface area (Å²) in [5.74, 6) is -7.26. The zero-order chi connectivity index (χ0) is 18.1. The van der Waals surface area contributed by atoms with Crippen LogP contribution in [0.5, 0.6) is 0 Å². The van der Waals surface area contributed by atoms with E-state index in [0.717, 1.165) is 12.2 Å². The Morgan fingerprint density at radius 2 is 1.87 bits per heavy atom. The highest BCUT2D eigenvalue weighted by Gasteiger charge is 2.66. The molecule has 128 valence electrons. The first kappa shape index (κ1) is 19.3. The quantitative estimate of drug-likeness (QED) is 0.600. The summed E-state index contributed by atoms with van der Waals surface area (Å²) in [6.45, 7) is 7.57. The van der Waals surface area contributed by atoms with Crippen LogP contribution in [-0.4, -0.2) is 33.1 Å². The maximum Gasteiger partial charge on any atom is 0.461 e. The first-order valence-corrected chi connectivity index (χ1v) is 9.56. The van der Waals surface area contributed by atoms with E-state index in [1.807, 2.05) is 13.1 Å². The fourth-order valence-corrected chi connectivity index (χ4v) is 3.05. The Hall–Kier alpha value is -1.74. The number of rotatable bonds is 5. The van der Waals surface area contributed by atoms with E-state index in [-0.39, 0.29) is 5.69 Å². The molecule has 0 saturated heterocycles. The van der Waals surface area contributed by atoms with Gasteiger partial charge >= 0.3 is 17.9 Å². The second-order valence-electron chi connectivity index (χ2n) is 5.51. The van der Waals surface area contributed by atoms with Gasteiger partial charge in [-0.15, -0.1) is 11.5 Å². The largest absolute Gasteiger partial charge is 0.461 e. The van der Waals surface area contributed by atoms with Crippen molar-refractivity contribution in [1.29, 1.82) is 0 Å². The van der Waals surface area contributed by atoms with E-state index >= 15 is 0 Å². The van der Waals surface area contributed by atoms with Gasteiger partial charge in [0.25, 0.3) is 0 Å². The van der Waals surface area contributed by atoms with Crippen molar-refractivity contribution in [2.45, 2.75) is 25.1 Å². The van der Waals surface area contributed by atoms with Gasteiger partial charge in [0.05, 0.1) is 0 Å². The lowest BCUT2D eigenvalue weighted by molar-refractivity contribution is -0.380. The van der Waals surface area contributed by atoms with Gasteiger partial charge in [-0.3, -0.25) is 4.79 Å². The van der Waals surface area contributed by atoms with Gasteiger partial charge < -0.3 is 4.90 Å². The van der Waals surface area contributed by atoms with Crippen molar-refractivity contribution >= 4 is 24.9 Å². The van der Waals surface area contributed by atoms with Crippen molar-refractivity contribution in [3.63, 3.8) is 0 Å². The number of carbonyl (C=O) groups is 1. The number of alkyl halides is 4. The molecule has 0 N–H and O–H groups in total. The van der Waals surface area contributed by atoms with Gasteiger partial charge in [-0.1, -0.05) is 36.1 Å². The van der Waals surface area contributed by atoms with Crippen molar-refractivity contribution in [2.24, 2.45) is 0 Å². The molecule has 0 bridgehead atoms. The fourth-order valence-electron chi connectivity index (χ4n) is 1.76. The summed E-state index contributed by atoms with van der Waals surface area (Å²) in [6, 6.07) is 6.00. The minimum absolute atomic E-state index is 0.0155. The van der Waals surface area contributed by atoms with Crippen molar-refractivity contribution in [3.05, 3.63) is 36.5 Å². The maximum absolute atomic E-state index is 13.6. The van der Waals surface area contributed by atoms with Crippen LogP contribution in [0.3, 0.4) is 0 Å². The smallest absolute Gasteiger partial charge is 0.310 e. The van der Waals surface area contributed by atoms with Gasteiger partial charge in [-0.25, -0.2) is 0 Å². The molecule has 0 radical (unpaired) electrons. The molecule has 23 heavy (non-hydrogen) atoms. The molecule has 0 fully saturated rings. The summed E-state index contributed by atoms with van der Waals surface area (Å²) < 4.78 is 63.5. The number of likely N-dealkylation sites (N-methyl/N-ethyl adjacent to an activating group) is 1. The van der Waals surface area contributed by atoms with Crippen LogP contribution in [-0.2, 0) is 9.74 Å². The lowest BCUT2D eigenvalue weighted by atomic mass is 10.2. The van der Waals surface area contributed by atoms with Crippen LogP contribution >= 0.6 is 0 Å². The molecule has 1 aromatic rings. The molecular formula is C14H16F5NO2Si. The van der Waals surface area contributed by atoms with Gasteiger partial charge in [-0.2, -0.15) is 17.6 Å². The van der Waals surface area contributed by atoms with E-state index in [9.17, 15) is 26.9 Å². The molecule has 3 nitrogen and oxygen atoms in total. The minimum Gasteiger partial charge on any atom is -0.310 e. The Morgan fingerprint density at radius 1 is 1.30 bits per heavy atom. The average molecular weight is 353 g/mol. The van der Waals surface area contributed by atoms with Gasteiger partial charge in [0.15, 0.2) is 0 Å². The van der Waals surface area contributed by atoms with E-state index in [4.69, 9.17) is 0 Å². The zero-order valence-electron chi connectivity index (χ0n) is 12.7. The molecular weight excluding hydrogens is 337 g/mol. The number of amides is 1. The summed E-state index contributed by atoms with van der Waals surface area (Å²) in [5, 5.41) is 0.766. The van der Waals surface area contributed by atoms with E-state index in [1.54, 1.807) is 11.8 Å². The Bertz CT molecular complexity index is 605. The average Bonchev–Trinajstić information content (AvgIpc) is 2.51. The van der Waals surface area contributed by atoms with E-state index in [0.29, 0.717) is 4.90 Å². The summed E-state index contributed by atoms with van der Waals surface area (Å²) in [6.07, 6.45) is -5.85. The van der Waals surface area contributed by atoms with E-state index in [1.165, 1.54) is 18.2 Å². The van der Waals surface area contributed by atoms with Gasteiger partial charge in [0, 0.05) is 12.7 Å². The number of hydrogen-bond donors (Lipinski definition) is 0. The second-order valence-corrected chi connectivity index (χ2v) is 9.94. The summed E-state index contributed by atoms with van der Waals surface area (Å²) in [5.41, 5.74) is 1.73. The predicted molar refractivity (Wildman–Crippen MR) is 79.3 cm³/mol. The standard InChI is InChI=1S/C14H16F5NO2Si/c1-5-23(3,4)11-8-6-7-10(9-11)20(2)12(21)13(15,22-19)14(16,17)18/h5-9H,1H2,2-4H3. The molecule has 1 aromatic carbocycles. The van der Waals surface area contributed by atoms with Crippen LogP contribution in [0.2, 0.25) is 13.1 Å². The van der Waals surface area contributed by atoms with E-state index in [2.05, 4.69) is 11.5 Å². The number of nitrogens with zero attached hydrogens (tertiary/aromatic N) is 1. The molecule has 1 amide bonds. The summed E-state index contributed by atoms with van der Waals surface area (Å²) >= 11 is 0. The first-order valence-electron chi connectivity index (χ1n) is 6.48. The number of halogens is 5. The van der Waals surface area contributed by atoms with Gasteiger partial charge in [0.2, 0.25) is 0 Å². The molecule has 9 heteroatoms. The van der Waals surface area contributed by atoms with Crippen LogP contribution in [0, 0.1) is 0 Å². The van der Waals surface area contributed by atoms with Crippen LogP contribution in [0.15, 0.2) is 36.5 Å². The third kappa shape index (κ3) is 3.61. The van der Waals surface area contributed by atoms with E-state index < -0.39 is 26.0 Å². The molecule has 0 aliphatic heterocycles. The topological polar surface area (TPSA) is 29.5 Å². The monoisotopic (exact) mass is 353 g/mol. The maximum atomic E-state index is 13.6. The summed E-state index contributed by atoms with van der Waals surface area (Å²) in [7, 11) is -1.15. The lowest BCUT2D eigenvalue weighted by Crippen LogP contribution is -2.55. The Kier molecular flexibility index (Phi) is 5.37. The Morgan fingerprint density at radius 3 is 2.30 bits per heavy atom. The third-order valence-electron chi connectivity index (χ3n) is 3.54. The molecule has 0 heterocycles. The zero-order valence-corrected chi connectivity index (χ0v) is 13.7. The number of carbonyl (C=O) groups excluding carboxylic acids is 1. The van der Waals surface area contributed by atoms with Crippen molar-refractivity contribution in [3.8, 4) is 0 Å². The van der Waals surface area contributed by atoms with Crippen LogP contribution in [0.1, 0.15) is 0 Å². The molecule has 1 rings (SSSR count). The van der Waals surface area contributed by atoms with Crippen LogP contribution < -0.4 is 10.1 Å². The molecule has 0 saturated carbocycles. The molecule has 0 aromatic heterocycles. The van der Waals surface area contributed by atoms with Crippen molar-refractivity contribution in [2.75, 3.05) is 11.9 Å². The number of anilines is 1. The highest BCUT2D eigenvalue weighted by molar-refractivity contribution is 6.93. The third-order valence-corrected chi connectivity index (χ3v) is 6.36. The SMILES string of the molecule is C=C[Si](C)(C)c1cccc(N(C)C(=O)C(F)(OF)C(F)(F)F)c1. The molecule has 1 atom stereocenters. The Balaban J connectivity index is 3.25. The minimum atomic E-state index is -5.85. The first-order chi connectivity index (χ1) is 10.4. The van der Waals surface area contributed by atoms with Gasteiger partial charge in [0.1, 0.15) is 8.07 Å².